The number of nitro groups is 1. The van der Waals surface area contributed by atoms with E-state index < -0.39 is 4.92 Å². The topological polar surface area (TPSA) is 72.7 Å². The highest BCUT2D eigenvalue weighted by Crippen LogP contribution is 2.30. The first-order chi connectivity index (χ1) is 9.99. The van der Waals surface area contributed by atoms with Gasteiger partial charge in [0.2, 0.25) is 0 Å². The Kier molecular flexibility index (Phi) is 4.90. The number of ether oxygens (including phenoxy) is 1. The van der Waals surface area contributed by atoms with Gasteiger partial charge in [0.25, 0.3) is 5.69 Å². The summed E-state index contributed by atoms with van der Waals surface area (Å²) < 4.78 is 5.33. The first kappa shape index (κ1) is 15.4. The van der Waals surface area contributed by atoms with Crippen molar-refractivity contribution in [2.24, 2.45) is 5.92 Å². The van der Waals surface area contributed by atoms with E-state index >= 15 is 0 Å². The fourth-order valence-corrected chi connectivity index (χ4v) is 2.63. The van der Waals surface area contributed by atoms with Gasteiger partial charge in [-0.15, -0.1) is 0 Å². The quantitative estimate of drug-likeness (QED) is 0.474. The van der Waals surface area contributed by atoms with Gasteiger partial charge in [0.05, 0.1) is 4.92 Å². The molecule has 0 saturated carbocycles. The first-order valence-electron chi connectivity index (χ1n) is 7.07. The first-order valence-corrected chi connectivity index (χ1v) is 7.07. The van der Waals surface area contributed by atoms with Crippen molar-refractivity contribution in [2.45, 2.75) is 19.8 Å². The number of nitro benzene ring substituents is 1. The van der Waals surface area contributed by atoms with E-state index in [-0.39, 0.29) is 11.5 Å². The molecule has 1 heterocycles. The smallest absolute Gasteiger partial charge is 0.293 e. The molecule has 0 atom stereocenters. The van der Waals surface area contributed by atoms with Gasteiger partial charge in [-0.1, -0.05) is 0 Å². The number of benzene rings is 1. The van der Waals surface area contributed by atoms with E-state index in [1.807, 2.05) is 11.9 Å². The number of carbonyl (C=O) groups is 1. The zero-order valence-electron chi connectivity index (χ0n) is 12.4. The summed E-state index contributed by atoms with van der Waals surface area (Å²) in [4.78, 5) is 24.1. The summed E-state index contributed by atoms with van der Waals surface area (Å²) in [5, 5.41) is 11.2. The zero-order valence-corrected chi connectivity index (χ0v) is 12.4. The molecule has 1 aliphatic rings. The van der Waals surface area contributed by atoms with Crippen molar-refractivity contribution >= 4 is 17.2 Å². The molecule has 1 aliphatic heterocycles. The van der Waals surface area contributed by atoms with Gasteiger partial charge in [-0.3, -0.25) is 14.9 Å². The van der Waals surface area contributed by atoms with Crippen LogP contribution in [0.25, 0.3) is 0 Å². The Morgan fingerprint density at radius 1 is 1.43 bits per heavy atom. The Labute approximate surface area is 123 Å². The third kappa shape index (κ3) is 3.78. The van der Waals surface area contributed by atoms with Crippen LogP contribution in [0.1, 0.15) is 30.1 Å². The van der Waals surface area contributed by atoms with Crippen molar-refractivity contribution in [1.29, 1.82) is 0 Å². The van der Waals surface area contributed by atoms with Crippen molar-refractivity contribution < 1.29 is 14.5 Å². The van der Waals surface area contributed by atoms with Crippen LogP contribution in [0.4, 0.5) is 11.4 Å². The molecule has 1 saturated heterocycles. The lowest BCUT2D eigenvalue weighted by Crippen LogP contribution is -2.30. The summed E-state index contributed by atoms with van der Waals surface area (Å²) in [6, 6.07) is 4.66. The molecule has 0 N–H and O–H groups in total. The molecule has 6 heteroatoms. The summed E-state index contributed by atoms with van der Waals surface area (Å²) in [6.07, 6.45) is 1.95. The lowest BCUT2D eigenvalue weighted by molar-refractivity contribution is -0.384. The fourth-order valence-electron chi connectivity index (χ4n) is 2.63. The van der Waals surface area contributed by atoms with Crippen LogP contribution in [-0.2, 0) is 4.74 Å². The molecule has 2 rings (SSSR count). The molecule has 0 unspecified atom stereocenters. The van der Waals surface area contributed by atoms with Gasteiger partial charge in [-0.05, 0) is 37.8 Å². The Hall–Kier alpha value is -1.95. The highest BCUT2D eigenvalue weighted by Gasteiger charge is 2.22. The summed E-state index contributed by atoms with van der Waals surface area (Å²) in [6.45, 7) is 3.67. The Balaban J connectivity index is 2.20. The average Bonchev–Trinajstić information content (AvgIpc) is 2.47. The molecule has 21 heavy (non-hydrogen) atoms. The Morgan fingerprint density at radius 3 is 2.67 bits per heavy atom. The minimum absolute atomic E-state index is 0.0164. The van der Waals surface area contributed by atoms with Crippen LogP contribution >= 0.6 is 0 Å². The molecule has 0 radical (unpaired) electrons. The van der Waals surface area contributed by atoms with Gasteiger partial charge >= 0.3 is 0 Å². The predicted molar refractivity (Wildman–Crippen MR) is 79.9 cm³/mol. The number of hydrogen-bond acceptors (Lipinski definition) is 5. The van der Waals surface area contributed by atoms with E-state index in [0.717, 1.165) is 32.6 Å². The van der Waals surface area contributed by atoms with Gasteiger partial charge in [0.15, 0.2) is 5.78 Å². The van der Waals surface area contributed by atoms with Gasteiger partial charge in [0.1, 0.15) is 5.69 Å². The lowest BCUT2D eigenvalue weighted by Gasteiger charge is -2.28. The monoisotopic (exact) mass is 292 g/mol. The molecular weight excluding hydrogens is 272 g/mol. The predicted octanol–water partition coefficient (Wildman–Crippen LogP) is 2.66. The van der Waals surface area contributed by atoms with Crippen molar-refractivity contribution in [3.63, 3.8) is 0 Å². The summed E-state index contributed by atoms with van der Waals surface area (Å²) >= 11 is 0. The van der Waals surface area contributed by atoms with E-state index in [1.165, 1.54) is 13.0 Å². The maximum Gasteiger partial charge on any atom is 0.293 e. The highest BCUT2D eigenvalue weighted by atomic mass is 16.6. The molecule has 0 amide bonds. The normalized spacial score (nSPS) is 15.7. The van der Waals surface area contributed by atoms with Gasteiger partial charge in [-0.25, -0.2) is 0 Å². The standard InChI is InChI=1S/C15H20N2O4/c1-11(18)13-3-4-14(15(9-13)17(19)20)16(2)10-12-5-7-21-8-6-12/h3-4,9,12H,5-8,10H2,1-2H3. The largest absolute Gasteiger partial charge is 0.381 e. The third-order valence-electron chi connectivity index (χ3n) is 3.86. The number of nitrogens with zero attached hydrogens (tertiary/aromatic N) is 2. The molecule has 0 bridgehead atoms. The van der Waals surface area contributed by atoms with Gasteiger partial charge < -0.3 is 9.64 Å². The molecule has 6 nitrogen and oxygen atoms in total. The second kappa shape index (κ2) is 6.67. The summed E-state index contributed by atoms with van der Waals surface area (Å²) in [5.41, 5.74) is 0.902. The zero-order chi connectivity index (χ0) is 15.4. The molecular formula is C15H20N2O4. The SMILES string of the molecule is CC(=O)c1ccc(N(C)CC2CCOCC2)c([N+](=O)[O-])c1. The van der Waals surface area contributed by atoms with Crippen molar-refractivity contribution in [2.75, 3.05) is 31.7 Å². The van der Waals surface area contributed by atoms with Crippen LogP contribution in [0, 0.1) is 16.0 Å². The average molecular weight is 292 g/mol. The van der Waals surface area contributed by atoms with Crippen molar-refractivity contribution in [3.05, 3.63) is 33.9 Å². The fraction of sp³-hybridized carbons (Fsp3) is 0.533. The molecule has 0 aliphatic carbocycles. The van der Waals surface area contributed by atoms with E-state index in [9.17, 15) is 14.9 Å². The molecule has 0 spiro atoms. The van der Waals surface area contributed by atoms with E-state index in [0.29, 0.717) is 17.2 Å². The van der Waals surface area contributed by atoms with Gasteiger partial charge in [0, 0.05) is 38.4 Å². The van der Waals surface area contributed by atoms with Crippen LogP contribution in [0.15, 0.2) is 18.2 Å². The molecule has 1 aromatic rings. The van der Waals surface area contributed by atoms with E-state index in [2.05, 4.69) is 0 Å². The minimum Gasteiger partial charge on any atom is -0.381 e. The maximum absolute atomic E-state index is 11.4. The van der Waals surface area contributed by atoms with E-state index in [1.54, 1.807) is 12.1 Å². The van der Waals surface area contributed by atoms with Crippen LogP contribution < -0.4 is 4.90 Å². The van der Waals surface area contributed by atoms with Crippen molar-refractivity contribution in [3.8, 4) is 0 Å². The molecule has 1 aromatic carbocycles. The maximum atomic E-state index is 11.4. The summed E-state index contributed by atoms with van der Waals surface area (Å²) in [5.74, 6) is 0.313. The Bertz CT molecular complexity index is 538. The van der Waals surface area contributed by atoms with Gasteiger partial charge in [-0.2, -0.15) is 0 Å². The molecule has 0 aromatic heterocycles. The Morgan fingerprint density at radius 2 is 2.10 bits per heavy atom. The number of hydrogen-bond donors (Lipinski definition) is 0. The summed E-state index contributed by atoms with van der Waals surface area (Å²) in [7, 11) is 1.85. The van der Waals surface area contributed by atoms with Crippen LogP contribution in [0.5, 0.6) is 0 Å². The number of ketones is 1. The number of rotatable bonds is 5. The second-order valence-electron chi connectivity index (χ2n) is 5.45. The minimum atomic E-state index is -0.428. The second-order valence-corrected chi connectivity index (χ2v) is 5.45. The van der Waals surface area contributed by atoms with Crippen LogP contribution in [-0.4, -0.2) is 37.5 Å². The van der Waals surface area contributed by atoms with Crippen LogP contribution in [0.2, 0.25) is 0 Å². The number of carbonyl (C=O) groups excluding carboxylic acids is 1. The van der Waals surface area contributed by atoms with Crippen molar-refractivity contribution in [1.82, 2.24) is 0 Å². The van der Waals surface area contributed by atoms with E-state index in [4.69, 9.17) is 4.74 Å². The molecule has 1 fully saturated rings. The number of anilines is 1. The highest BCUT2D eigenvalue weighted by molar-refractivity contribution is 5.95. The third-order valence-corrected chi connectivity index (χ3v) is 3.86. The number of Topliss-reactive ketones (excluding diaryl/α,β-unsaturated/α-hetero) is 1. The molecule has 114 valence electrons. The lowest BCUT2D eigenvalue weighted by atomic mass is 9.99. The van der Waals surface area contributed by atoms with Crippen LogP contribution in [0.3, 0.4) is 0 Å².